The molecule has 4 unspecified atom stereocenters. The van der Waals surface area contributed by atoms with Gasteiger partial charge in [-0.1, -0.05) is 0 Å². The highest BCUT2D eigenvalue weighted by atomic mass is 19.2. The molecular weight excluding hydrogens is 385 g/mol. The number of hydrogen-bond acceptors (Lipinski definition) is 4. The highest BCUT2D eigenvalue weighted by Gasteiger charge is 2.53. The zero-order valence-electron chi connectivity index (χ0n) is 16.5. The number of nitrogens with zero attached hydrogens (tertiary/aromatic N) is 1. The second-order valence-electron chi connectivity index (χ2n) is 8.37. The van der Waals surface area contributed by atoms with Crippen molar-refractivity contribution in [2.45, 2.75) is 38.3 Å². The topological polar surface area (TPSA) is 73.2 Å². The normalized spacial score (nSPS) is 28.2. The van der Waals surface area contributed by atoms with Gasteiger partial charge in [0.2, 0.25) is 5.91 Å². The first kappa shape index (κ1) is 19.7. The van der Waals surface area contributed by atoms with Gasteiger partial charge in [-0.05, 0) is 25.5 Å². The van der Waals surface area contributed by atoms with E-state index in [4.69, 9.17) is 0 Å². The van der Waals surface area contributed by atoms with Crippen molar-refractivity contribution in [3.8, 4) is 0 Å². The molecule has 0 bridgehead atoms. The Morgan fingerprint density at radius 3 is 2.69 bits per heavy atom. The molecule has 29 heavy (non-hydrogen) atoms. The van der Waals surface area contributed by atoms with Crippen LogP contribution in [0.4, 0.5) is 18.9 Å². The number of fused-ring (bicyclic) bond motifs is 2. The second kappa shape index (κ2) is 7.03. The van der Waals surface area contributed by atoms with Crippen molar-refractivity contribution < 1.29 is 27.3 Å². The van der Waals surface area contributed by atoms with E-state index in [0.29, 0.717) is 17.9 Å². The quantitative estimate of drug-likeness (QED) is 0.521. The summed E-state index contributed by atoms with van der Waals surface area (Å²) in [7, 11) is 1.81. The second-order valence-corrected chi connectivity index (χ2v) is 8.37. The van der Waals surface area contributed by atoms with Gasteiger partial charge in [0.15, 0.2) is 23.2 Å². The van der Waals surface area contributed by atoms with Gasteiger partial charge in [0.1, 0.15) is 12.0 Å². The average Bonchev–Trinajstić information content (AvgIpc) is 3.21. The van der Waals surface area contributed by atoms with Crippen LogP contribution in [0.15, 0.2) is 6.07 Å². The Morgan fingerprint density at radius 2 is 2.00 bits per heavy atom. The van der Waals surface area contributed by atoms with Crippen molar-refractivity contribution in [1.29, 1.82) is 0 Å². The van der Waals surface area contributed by atoms with E-state index in [-0.39, 0.29) is 36.4 Å². The van der Waals surface area contributed by atoms with Crippen LogP contribution in [0.1, 0.15) is 31.7 Å². The Balaban J connectivity index is 1.59. The summed E-state index contributed by atoms with van der Waals surface area (Å²) in [6.45, 7) is 4.41. The van der Waals surface area contributed by atoms with E-state index in [1.807, 2.05) is 25.5 Å². The standard InChI is InChI=1S/C20H23F3N4O2/c1-8(2)25-20(29)11-7-27(3)19-15(11)14(28)5-13(26-19)10-6-24-18-9(10)4-12(21)16(22)17(18)23/h4,8,10-11,13,15,24H,5-7H2,1-3H3,(H,25,29)/p+1. The van der Waals surface area contributed by atoms with Gasteiger partial charge in [-0.15, -0.1) is 0 Å². The van der Waals surface area contributed by atoms with Crippen LogP contribution in [0.5, 0.6) is 0 Å². The molecule has 0 aliphatic carbocycles. The van der Waals surface area contributed by atoms with Crippen LogP contribution in [0.3, 0.4) is 0 Å². The third kappa shape index (κ3) is 3.16. The molecule has 4 rings (SSSR count). The summed E-state index contributed by atoms with van der Waals surface area (Å²) in [6, 6.07) is 0.571. The summed E-state index contributed by atoms with van der Waals surface area (Å²) >= 11 is 0. The zero-order valence-corrected chi connectivity index (χ0v) is 16.5. The summed E-state index contributed by atoms with van der Waals surface area (Å²) in [6.07, 6.45) is 0.125. The number of carbonyl (C=O) groups is 2. The van der Waals surface area contributed by atoms with Crippen LogP contribution < -0.4 is 16.0 Å². The van der Waals surface area contributed by atoms with Gasteiger partial charge in [0.25, 0.3) is 5.84 Å². The molecule has 0 spiro atoms. The lowest BCUT2D eigenvalue weighted by Crippen LogP contribution is -2.54. The number of amidine groups is 1. The number of anilines is 1. The summed E-state index contributed by atoms with van der Waals surface area (Å²) in [5, 5.41) is 9.00. The highest BCUT2D eigenvalue weighted by molar-refractivity contribution is 6.08. The number of amides is 1. The molecule has 156 valence electrons. The van der Waals surface area contributed by atoms with Crippen molar-refractivity contribution in [3.05, 3.63) is 29.1 Å². The van der Waals surface area contributed by atoms with Crippen molar-refractivity contribution in [2.24, 2.45) is 11.8 Å². The molecule has 3 aliphatic rings. The number of carbonyl (C=O) groups excluding carboxylic acids is 2. The van der Waals surface area contributed by atoms with Crippen LogP contribution in [0, 0.1) is 29.3 Å². The monoisotopic (exact) mass is 409 g/mol. The molecule has 6 nitrogen and oxygen atoms in total. The first-order chi connectivity index (χ1) is 13.7. The number of rotatable bonds is 3. The molecule has 3 N–H and O–H groups in total. The van der Waals surface area contributed by atoms with Crippen LogP contribution in [0.2, 0.25) is 0 Å². The van der Waals surface area contributed by atoms with E-state index in [1.54, 1.807) is 0 Å². The Labute approximate surface area is 166 Å². The minimum absolute atomic E-state index is 0.0255. The molecule has 1 saturated heterocycles. The minimum atomic E-state index is -1.51. The SMILES string of the molecule is CC(C)NC(=O)C1C[N+](C)=C2NC(C3CNc4c3cc(F)c(F)c4F)CC(=O)C21. The Hall–Kier alpha value is -2.58. The molecule has 1 aromatic rings. The summed E-state index contributed by atoms with van der Waals surface area (Å²) < 4.78 is 43.3. The molecule has 0 aromatic heterocycles. The van der Waals surface area contributed by atoms with Gasteiger partial charge in [0, 0.05) is 24.9 Å². The van der Waals surface area contributed by atoms with Crippen LogP contribution in [-0.2, 0) is 9.59 Å². The van der Waals surface area contributed by atoms with Crippen molar-refractivity contribution in [2.75, 3.05) is 25.5 Å². The lowest BCUT2D eigenvalue weighted by molar-refractivity contribution is -0.494. The van der Waals surface area contributed by atoms with Gasteiger partial charge < -0.3 is 10.6 Å². The van der Waals surface area contributed by atoms with Gasteiger partial charge in [0.05, 0.1) is 25.2 Å². The first-order valence-electron chi connectivity index (χ1n) is 9.77. The summed E-state index contributed by atoms with van der Waals surface area (Å²) in [5.41, 5.74) is 0.268. The molecule has 1 amide bonds. The number of halogens is 3. The molecule has 0 radical (unpaired) electrons. The lowest BCUT2D eigenvalue weighted by atomic mass is 9.79. The van der Waals surface area contributed by atoms with E-state index in [1.165, 1.54) is 0 Å². The van der Waals surface area contributed by atoms with Gasteiger partial charge in [-0.3, -0.25) is 19.5 Å². The largest absolute Gasteiger partial charge is 0.382 e. The van der Waals surface area contributed by atoms with E-state index in [9.17, 15) is 22.8 Å². The first-order valence-corrected chi connectivity index (χ1v) is 9.77. The molecule has 4 atom stereocenters. The van der Waals surface area contributed by atoms with Crippen molar-refractivity contribution in [3.63, 3.8) is 0 Å². The number of hydrogen-bond donors (Lipinski definition) is 3. The number of benzene rings is 1. The lowest BCUT2D eigenvalue weighted by Gasteiger charge is -2.29. The van der Waals surface area contributed by atoms with Crippen molar-refractivity contribution in [1.82, 2.24) is 10.6 Å². The van der Waals surface area contributed by atoms with Gasteiger partial charge in [-0.25, -0.2) is 13.2 Å². The summed E-state index contributed by atoms with van der Waals surface area (Å²) in [5.74, 6) is -4.99. The van der Waals surface area contributed by atoms with Crippen molar-refractivity contribution >= 4 is 23.2 Å². The molecule has 3 heterocycles. The Morgan fingerprint density at radius 1 is 1.28 bits per heavy atom. The van der Waals surface area contributed by atoms with Gasteiger partial charge in [-0.2, -0.15) is 0 Å². The van der Waals surface area contributed by atoms with E-state index >= 15 is 0 Å². The third-order valence-electron chi connectivity index (χ3n) is 6.02. The maximum Gasteiger partial charge on any atom is 0.256 e. The smallest absolute Gasteiger partial charge is 0.256 e. The molecule has 0 saturated carbocycles. The minimum Gasteiger partial charge on any atom is -0.382 e. The maximum atomic E-state index is 14.1. The van der Waals surface area contributed by atoms with E-state index in [2.05, 4.69) is 16.0 Å². The van der Waals surface area contributed by atoms with E-state index in [0.717, 1.165) is 6.07 Å². The molecule has 3 aliphatic heterocycles. The number of nitrogens with one attached hydrogen (secondary N) is 3. The maximum absolute atomic E-state index is 14.1. The van der Waals surface area contributed by atoms with E-state index < -0.39 is 41.2 Å². The Bertz CT molecular complexity index is 931. The predicted octanol–water partition coefficient (Wildman–Crippen LogP) is 1.36. The van der Waals surface area contributed by atoms with Crippen LogP contribution in [-0.4, -0.2) is 54.3 Å². The molecule has 1 aromatic carbocycles. The molecular formula is C20H24F3N4O2+. The Kier molecular flexibility index (Phi) is 4.78. The fourth-order valence-electron chi connectivity index (χ4n) is 4.72. The number of ketones is 1. The summed E-state index contributed by atoms with van der Waals surface area (Å²) in [4.78, 5) is 25.5. The zero-order chi connectivity index (χ0) is 21.0. The van der Waals surface area contributed by atoms with Crippen LogP contribution in [0.25, 0.3) is 0 Å². The molecule has 1 fully saturated rings. The third-order valence-corrected chi connectivity index (χ3v) is 6.02. The highest BCUT2D eigenvalue weighted by Crippen LogP contribution is 2.40. The number of piperidine rings is 1. The predicted molar refractivity (Wildman–Crippen MR) is 100 cm³/mol. The van der Waals surface area contributed by atoms with Gasteiger partial charge >= 0.3 is 0 Å². The fourth-order valence-corrected chi connectivity index (χ4v) is 4.72. The van der Waals surface area contributed by atoms with Crippen LogP contribution >= 0.6 is 0 Å². The average molecular weight is 409 g/mol. The fraction of sp³-hybridized carbons (Fsp3) is 0.550. The number of Topliss-reactive ketones (excluding diaryl/α,β-unsaturated/α-hetero) is 1. The molecule has 9 heteroatoms.